The molecule has 2 rings (SSSR count). The summed E-state index contributed by atoms with van der Waals surface area (Å²) in [5.74, 6) is -1.12. The van der Waals surface area contributed by atoms with E-state index in [0.29, 0.717) is 17.4 Å². The smallest absolute Gasteiger partial charge is 0.260 e. The molecule has 0 radical (unpaired) electrons. The van der Waals surface area contributed by atoms with Gasteiger partial charge < -0.3 is 19.9 Å². The zero-order chi connectivity index (χ0) is 17.7. The number of H-pyrrole nitrogens is 1. The first kappa shape index (κ1) is 21.4. The molecule has 2 aromatic rings. The van der Waals surface area contributed by atoms with E-state index in [2.05, 4.69) is 31.1 Å². The molecule has 0 bridgehead atoms. The Kier molecular flexibility index (Phi) is 7.88. The van der Waals surface area contributed by atoms with Crippen LogP contribution in [0, 0.1) is 0 Å². The average Bonchev–Trinajstić information content (AvgIpc) is 2.59. The van der Waals surface area contributed by atoms with Gasteiger partial charge in [0.05, 0.1) is 38.3 Å². The van der Waals surface area contributed by atoms with E-state index in [1.807, 2.05) is 0 Å². The largest absolute Gasteiger partial charge is 0.871 e. The average molecular weight is 459 g/mol. The Morgan fingerprint density at radius 1 is 1.16 bits per heavy atom. The number of rotatable bonds is 7. The van der Waals surface area contributed by atoms with E-state index >= 15 is 0 Å². The number of hydrogen-bond donors (Lipinski definition) is 2. The number of nitrogens with zero attached hydrogens (tertiary/aromatic N) is 1. The monoisotopic (exact) mass is 459 g/mol. The number of aromatic nitrogens is 1. The topological polar surface area (TPSA) is 85.0 Å². The molecule has 7 heteroatoms. The number of carbonyl (C=O) groups excluding carboxylic acids is 1. The summed E-state index contributed by atoms with van der Waals surface area (Å²) in [7, 11) is 0. The van der Waals surface area contributed by atoms with Crippen LogP contribution in [-0.2, 0) is 0 Å². The summed E-state index contributed by atoms with van der Waals surface area (Å²) in [5.41, 5.74) is -0.530. The zero-order valence-electron chi connectivity index (χ0n) is 14.9. The fourth-order valence-electron chi connectivity index (χ4n) is 3.06. The van der Waals surface area contributed by atoms with Crippen molar-refractivity contribution in [1.29, 1.82) is 0 Å². The number of benzene rings is 1. The fraction of sp³-hybridized carbons (Fsp3) is 0.444. The summed E-state index contributed by atoms with van der Waals surface area (Å²) in [6.45, 7) is 10.5. The van der Waals surface area contributed by atoms with Crippen LogP contribution in [0.5, 0.6) is 5.75 Å². The molecule has 0 aliphatic heterocycles. The molecule has 1 heterocycles. The van der Waals surface area contributed by atoms with Gasteiger partial charge in [0.25, 0.3) is 11.5 Å². The van der Waals surface area contributed by atoms with Crippen molar-refractivity contribution in [1.82, 2.24) is 10.3 Å². The van der Waals surface area contributed by atoms with Crippen LogP contribution in [0.4, 0.5) is 0 Å². The molecule has 0 unspecified atom stereocenters. The fourth-order valence-corrected chi connectivity index (χ4v) is 3.06. The van der Waals surface area contributed by atoms with E-state index < -0.39 is 17.2 Å². The number of para-hydroxylation sites is 1. The van der Waals surface area contributed by atoms with Crippen molar-refractivity contribution in [2.24, 2.45) is 0 Å². The van der Waals surface area contributed by atoms with E-state index in [-0.39, 0.29) is 29.5 Å². The van der Waals surface area contributed by atoms with Crippen LogP contribution in [0.25, 0.3) is 10.9 Å². The van der Waals surface area contributed by atoms with Crippen LogP contribution in [-0.4, -0.2) is 48.1 Å². The number of amides is 1. The normalized spacial score (nSPS) is 11.2. The molecule has 0 saturated carbocycles. The Labute approximate surface area is 164 Å². The molecular formula is C18H26IN3O3. The Morgan fingerprint density at radius 3 is 2.36 bits per heavy atom. The third-order valence-corrected chi connectivity index (χ3v) is 4.99. The SMILES string of the molecule is CC[N+](CC)(CC)CCNC(=O)c1c([O-])c2ccccc2[nH]c1=O.I. The second kappa shape index (κ2) is 9.19. The lowest BCUT2D eigenvalue weighted by Crippen LogP contribution is -2.51. The molecule has 0 atom stereocenters. The third kappa shape index (κ3) is 4.52. The van der Waals surface area contributed by atoms with Gasteiger partial charge in [-0.15, -0.1) is 24.0 Å². The maximum atomic E-state index is 12.4. The standard InChI is InChI=1S/C18H25N3O3.HI/c1-4-21(5-2,6-3)12-11-19-17(23)15-16(22)13-9-7-8-10-14(13)20-18(15)24;/h7-10H,4-6,11-12H2,1-3H3,(H2-,19,20,22,23,24);1H. The summed E-state index contributed by atoms with van der Waals surface area (Å²) in [5, 5.41) is 15.5. The predicted molar refractivity (Wildman–Crippen MR) is 109 cm³/mol. The molecule has 25 heavy (non-hydrogen) atoms. The molecule has 0 aliphatic rings. The summed E-state index contributed by atoms with van der Waals surface area (Å²) >= 11 is 0. The number of aromatic amines is 1. The van der Waals surface area contributed by atoms with E-state index in [4.69, 9.17) is 0 Å². The number of nitrogens with one attached hydrogen (secondary N) is 2. The van der Waals surface area contributed by atoms with Gasteiger partial charge in [-0.1, -0.05) is 23.9 Å². The van der Waals surface area contributed by atoms with Crippen LogP contribution in [0.2, 0.25) is 0 Å². The summed E-state index contributed by atoms with van der Waals surface area (Å²) in [4.78, 5) is 27.0. The zero-order valence-corrected chi connectivity index (χ0v) is 17.3. The summed E-state index contributed by atoms with van der Waals surface area (Å²) < 4.78 is 0.887. The van der Waals surface area contributed by atoms with E-state index in [1.165, 1.54) is 0 Å². The first-order valence-corrected chi connectivity index (χ1v) is 8.43. The van der Waals surface area contributed by atoms with Gasteiger partial charge in [-0.25, -0.2) is 0 Å². The van der Waals surface area contributed by atoms with Crippen LogP contribution in [0.3, 0.4) is 0 Å². The second-order valence-corrected chi connectivity index (χ2v) is 5.97. The van der Waals surface area contributed by atoms with Gasteiger partial charge in [-0.2, -0.15) is 0 Å². The van der Waals surface area contributed by atoms with Gasteiger partial charge >= 0.3 is 0 Å². The second-order valence-electron chi connectivity index (χ2n) is 5.97. The molecular weight excluding hydrogens is 433 g/mol. The molecule has 138 valence electrons. The van der Waals surface area contributed by atoms with Crippen molar-refractivity contribution in [3.05, 3.63) is 40.2 Å². The van der Waals surface area contributed by atoms with Crippen LogP contribution in [0.15, 0.2) is 29.1 Å². The lowest BCUT2D eigenvalue weighted by Gasteiger charge is -2.35. The highest BCUT2D eigenvalue weighted by molar-refractivity contribution is 14.0. The molecule has 1 aromatic carbocycles. The lowest BCUT2D eigenvalue weighted by molar-refractivity contribution is -0.922. The molecule has 0 aliphatic carbocycles. The van der Waals surface area contributed by atoms with Gasteiger partial charge in [-0.3, -0.25) is 9.59 Å². The molecule has 0 spiro atoms. The number of pyridine rings is 1. The number of carbonyl (C=O) groups is 1. The van der Waals surface area contributed by atoms with Crippen LogP contribution in [0.1, 0.15) is 31.1 Å². The summed E-state index contributed by atoms with van der Waals surface area (Å²) in [6, 6.07) is 6.70. The van der Waals surface area contributed by atoms with Gasteiger partial charge in [0, 0.05) is 5.52 Å². The molecule has 1 amide bonds. The Bertz CT molecular complexity index is 776. The van der Waals surface area contributed by atoms with Crippen LogP contribution >= 0.6 is 24.0 Å². The number of hydrogen-bond acceptors (Lipinski definition) is 3. The predicted octanol–water partition coefficient (Wildman–Crippen LogP) is 1.83. The van der Waals surface area contributed by atoms with Crippen molar-refractivity contribution in [2.45, 2.75) is 20.8 Å². The first-order chi connectivity index (χ1) is 11.5. The minimum Gasteiger partial charge on any atom is -0.871 e. The van der Waals surface area contributed by atoms with E-state index in [0.717, 1.165) is 30.7 Å². The molecule has 2 N–H and O–H groups in total. The van der Waals surface area contributed by atoms with Gasteiger partial charge in [-0.05, 0) is 32.2 Å². The Hall–Kier alpha value is -1.61. The number of quaternary nitrogens is 1. The van der Waals surface area contributed by atoms with Crippen molar-refractivity contribution in [3.63, 3.8) is 0 Å². The number of halogens is 1. The third-order valence-electron chi connectivity index (χ3n) is 4.99. The molecule has 0 saturated heterocycles. The summed E-state index contributed by atoms with van der Waals surface area (Å²) in [6.07, 6.45) is 0. The highest BCUT2D eigenvalue weighted by Gasteiger charge is 2.21. The molecule has 6 nitrogen and oxygen atoms in total. The van der Waals surface area contributed by atoms with Crippen molar-refractivity contribution in [3.8, 4) is 5.75 Å². The highest BCUT2D eigenvalue weighted by atomic mass is 127. The molecule has 1 aromatic heterocycles. The van der Waals surface area contributed by atoms with Crippen molar-refractivity contribution in [2.75, 3.05) is 32.7 Å². The molecule has 0 fully saturated rings. The first-order valence-electron chi connectivity index (χ1n) is 8.43. The van der Waals surface area contributed by atoms with Gasteiger partial charge in [0.2, 0.25) is 0 Å². The van der Waals surface area contributed by atoms with Crippen molar-refractivity contribution >= 4 is 40.8 Å². The maximum absolute atomic E-state index is 12.4. The maximum Gasteiger partial charge on any atom is 0.260 e. The minimum absolute atomic E-state index is 0. The van der Waals surface area contributed by atoms with Crippen LogP contribution < -0.4 is 16.0 Å². The van der Waals surface area contributed by atoms with Gasteiger partial charge in [0.15, 0.2) is 0 Å². The van der Waals surface area contributed by atoms with Gasteiger partial charge in [0.1, 0.15) is 0 Å². The van der Waals surface area contributed by atoms with E-state index in [1.54, 1.807) is 24.3 Å². The Balaban J connectivity index is 0.00000312. The van der Waals surface area contributed by atoms with Crippen molar-refractivity contribution < 1.29 is 14.4 Å². The lowest BCUT2D eigenvalue weighted by atomic mass is 10.1. The van der Waals surface area contributed by atoms with E-state index in [9.17, 15) is 14.7 Å². The highest BCUT2D eigenvalue weighted by Crippen LogP contribution is 2.21. The quantitative estimate of drug-likeness (QED) is 0.490. The number of likely N-dealkylation sites (N-methyl/N-ethyl adjacent to an activating group) is 1. The number of fused-ring (bicyclic) bond motifs is 1. The Morgan fingerprint density at radius 2 is 1.76 bits per heavy atom. The minimum atomic E-state index is -0.640.